The number of rotatable bonds is 8. The van der Waals surface area contributed by atoms with Gasteiger partial charge in [-0.05, 0) is 43.2 Å². The molecule has 0 saturated carbocycles. The van der Waals surface area contributed by atoms with Crippen LogP contribution in [-0.2, 0) is 6.54 Å². The molecule has 0 unspecified atom stereocenters. The first-order chi connectivity index (χ1) is 8.31. The van der Waals surface area contributed by atoms with Gasteiger partial charge in [0.1, 0.15) is 0 Å². The molecule has 1 rings (SSSR count). The van der Waals surface area contributed by atoms with Crippen molar-refractivity contribution in [3.05, 3.63) is 23.8 Å². The van der Waals surface area contributed by atoms with E-state index >= 15 is 0 Å². The zero-order chi connectivity index (χ0) is 12.5. The van der Waals surface area contributed by atoms with Crippen LogP contribution in [-0.4, -0.2) is 32.8 Å². The Balaban J connectivity index is 2.58. The van der Waals surface area contributed by atoms with Gasteiger partial charge >= 0.3 is 0 Å². The number of benzene rings is 1. The summed E-state index contributed by atoms with van der Waals surface area (Å²) in [6, 6.07) is 6.05. The van der Waals surface area contributed by atoms with Gasteiger partial charge in [0.15, 0.2) is 11.5 Å². The number of nitrogens with one attached hydrogen (secondary N) is 1. The van der Waals surface area contributed by atoms with Gasteiger partial charge in [-0.25, -0.2) is 0 Å². The average molecular weight is 255 g/mol. The van der Waals surface area contributed by atoms with Crippen molar-refractivity contribution in [1.82, 2.24) is 5.32 Å². The lowest BCUT2D eigenvalue weighted by atomic mass is 10.2. The second kappa shape index (κ2) is 8.25. The summed E-state index contributed by atoms with van der Waals surface area (Å²) in [5.74, 6) is 2.76. The van der Waals surface area contributed by atoms with Crippen LogP contribution >= 0.6 is 11.8 Å². The minimum atomic E-state index is 0.739. The molecule has 4 heteroatoms. The van der Waals surface area contributed by atoms with Gasteiger partial charge in [0.25, 0.3) is 0 Å². The largest absolute Gasteiger partial charge is 0.493 e. The predicted molar refractivity (Wildman–Crippen MR) is 74.3 cm³/mol. The van der Waals surface area contributed by atoms with Crippen LogP contribution < -0.4 is 14.8 Å². The van der Waals surface area contributed by atoms with E-state index in [1.54, 1.807) is 7.11 Å². The monoisotopic (exact) mass is 255 g/mol. The van der Waals surface area contributed by atoms with E-state index in [1.165, 1.54) is 5.56 Å². The molecule has 0 aliphatic heterocycles. The van der Waals surface area contributed by atoms with Gasteiger partial charge in [-0.15, -0.1) is 0 Å². The predicted octanol–water partition coefficient (Wildman–Crippen LogP) is 2.55. The first kappa shape index (κ1) is 14.2. The summed E-state index contributed by atoms with van der Waals surface area (Å²) in [4.78, 5) is 0. The Labute approximate surface area is 108 Å². The van der Waals surface area contributed by atoms with Gasteiger partial charge < -0.3 is 14.8 Å². The van der Waals surface area contributed by atoms with Crippen molar-refractivity contribution in [2.75, 3.05) is 32.8 Å². The Kier molecular flexibility index (Phi) is 6.89. The van der Waals surface area contributed by atoms with E-state index < -0.39 is 0 Å². The van der Waals surface area contributed by atoms with Gasteiger partial charge in [-0.3, -0.25) is 0 Å². The molecule has 0 aromatic heterocycles. The highest BCUT2D eigenvalue weighted by Gasteiger charge is 2.05. The molecular formula is C13H21NO2S. The average Bonchev–Trinajstić information content (AvgIpc) is 2.36. The molecule has 0 fully saturated rings. The number of methoxy groups -OCH3 is 1. The highest BCUT2D eigenvalue weighted by atomic mass is 32.2. The molecule has 0 heterocycles. The van der Waals surface area contributed by atoms with Crippen LogP contribution in [0.2, 0.25) is 0 Å². The van der Waals surface area contributed by atoms with E-state index in [9.17, 15) is 0 Å². The molecule has 1 aromatic carbocycles. The maximum absolute atomic E-state index is 5.70. The van der Waals surface area contributed by atoms with Crippen molar-refractivity contribution in [3.63, 3.8) is 0 Å². The van der Waals surface area contributed by atoms with Gasteiger partial charge in [-0.1, -0.05) is 6.07 Å². The minimum Gasteiger partial charge on any atom is -0.493 e. The Hall–Kier alpha value is -0.870. The maximum Gasteiger partial charge on any atom is 0.161 e. The fourth-order valence-electron chi connectivity index (χ4n) is 1.53. The summed E-state index contributed by atoms with van der Waals surface area (Å²) in [6.07, 6.45) is 3.16. The van der Waals surface area contributed by atoms with Crippen molar-refractivity contribution >= 4 is 11.8 Å². The second-order valence-electron chi connectivity index (χ2n) is 3.71. The standard InChI is InChI=1S/C13H21NO2S/c1-14-10-11-5-6-12(13(9-11)15-2)16-7-4-8-17-3/h5-6,9,14H,4,7-8,10H2,1-3H3. The normalized spacial score (nSPS) is 10.3. The molecule has 1 aromatic rings. The Morgan fingerprint density at radius 3 is 2.76 bits per heavy atom. The van der Waals surface area contributed by atoms with E-state index in [1.807, 2.05) is 30.9 Å². The van der Waals surface area contributed by atoms with Gasteiger partial charge in [0.05, 0.1) is 13.7 Å². The Morgan fingerprint density at radius 2 is 2.12 bits per heavy atom. The molecule has 1 N–H and O–H groups in total. The zero-order valence-electron chi connectivity index (χ0n) is 10.8. The highest BCUT2D eigenvalue weighted by molar-refractivity contribution is 7.98. The zero-order valence-corrected chi connectivity index (χ0v) is 11.6. The summed E-state index contributed by atoms with van der Waals surface area (Å²) in [7, 11) is 3.60. The molecule has 96 valence electrons. The number of hydrogen-bond acceptors (Lipinski definition) is 4. The van der Waals surface area contributed by atoms with Gasteiger partial charge in [0, 0.05) is 6.54 Å². The quantitative estimate of drug-likeness (QED) is 0.723. The maximum atomic E-state index is 5.70. The van der Waals surface area contributed by atoms with E-state index in [4.69, 9.17) is 9.47 Å². The van der Waals surface area contributed by atoms with Crippen molar-refractivity contribution in [3.8, 4) is 11.5 Å². The van der Waals surface area contributed by atoms with E-state index in [0.717, 1.165) is 36.8 Å². The minimum absolute atomic E-state index is 0.739. The molecule has 0 atom stereocenters. The van der Waals surface area contributed by atoms with Gasteiger partial charge in [-0.2, -0.15) is 11.8 Å². The lowest BCUT2D eigenvalue weighted by molar-refractivity contribution is 0.295. The van der Waals surface area contributed by atoms with Crippen molar-refractivity contribution in [2.24, 2.45) is 0 Å². The van der Waals surface area contributed by atoms with Crippen LogP contribution in [0.3, 0.4) is 0 Å². The summed E-state index contributed by atoms with van der Waals surface area (Å²) in [5.41, 5.74) is 1.20. The first-order valence-corrected chi connectivity index (χ1v) is 7.14. The molecule has 0 spiro atoms. The molecule has 0 radical (unpaired) electrons. The molecule has 3 nitrogen and oxygen atoms in total. The van der Waals surface area contributed by atoms with Crippen molar-refractivity contribution in [1.29, 1.82) is 0 Å². The van der Waals surface area contributed by atoms with E-state index in [2.05, 4.69) is 17.6 Å². The first-order valence-electron chi connectivity index (χ1n) is 5.75. The number of hydrogen-bond donors (Lipinski definition) is 1. The molecule has 0 aliphatic carbocycles. The third-order valence-corrected chi connectivity index (χ3v) is 3.06. The summed E-state index contributed by atoms with van der Waals surface area (Å²) < 4.78 is 11.0. The van der Waals surface area contributed by atoms with Crippen molar-refractivity contribution in [2.45, 2.75) is 13.0 Å². The molecule has 0 aliphatic rings. The third kappa shape index (κ3) is 4.88. The SMILES string of the molecule is CNCc1ccc(OCCCSC)c(OC)c1. The highest BCUT2D eigenvalue weighted by Crippen LogP contribution is 2.28. The summed E-state index contributed by atoms with van der Waals surface area (Å²) in [5, 5.41) is 3.12. The lowest BCUT2D eigenvalue weighted by Gasteiger charge is -2.12. The van der Waals surface area contributed by atoms with E-state index in [0.29, 0.717) is 0 Å². The molecule has 0 amide bonds. The topological polar surface area (TPSA) is 30.5 Å². The summed E-state index contributed by atoms with van der Waals surface area (Å²) in [6.45, 7) is 1.58. The Morgan fingerprint density at radius 1 is 1.29 bits per heavy atom. The second-order valence-corrected chi connectivity index (χ2v) is 4.70. The van der Waals surface area contributed by atoms with Gasteiger partial charge in [0.2, 0.25) is 0 Å². The van der Waals surface area contributed by atoms with Crippen molar-refractivity contribution < 1.29 is 9.47 Å². The molecule has 17 heavy (non-hydrogen) atoms. The Bertz CT molecular complexity index is 331. The molecular weight excluding hydrogens is 234 g/mol. The number of ether oxygens (including phenoxy) is 2. The lowest BCUT2D eigenvalue weighted by Crippen LogP contribution is -2.06. The fraction of sp³-hybridized carbons (Fsp3) is 0.538. The van der Waals surface area contributed by atoms with Crippen LogP contribution in [0.4, 0.5) is 0 Å². The third-order valence-electron chi connectivity index (χ3n) is 2.36. The molecule has 0 saturated heterocycles. The van der Waals surface area contributed by atoms with Crippen LogP contribution in [0.1, 0.15) is 12.0 Å². The van der Waals surface area contributed by atoms with Crippen LogP contribution in [0.15, 0.2) is 18.2 Å². The smallest absolute Gasteiger partial charge is 0.161 e. The fourth-order valence-corrected chi connectivity index (χ4v) is 1.94. The van der Waals surface area contributed by atoms with Crippen LogP contribution in [0.5, 0.6) is 11.5 Å². The molecule has 0 bridgehead atoms. The van der Waals surface area contributed by atoms with Crippen LogP contribution in [0.25, 0.3) is 0 Å². The number of thioether (sulfide) groups is 1. The van der Waals surface area contributed by atoms with Crippen LogP contribution in [0, 0.1) is 0 Å². The summed E-state index contributed by atoms with van der Waals surface area (Å²) >= 11 is 1.84. The van der Waals surface area contributed by atoms with E-state index in [-0.39, 0.29) is 0 Å².